The molecular weight excluding hydrogens is 234 g/mol. The summed E-state index contributed by atoms with van der Waals surface area (Å²) >= 11 is 1.48. The molecule has 0 aliphatic rings. The Hall–Kier alpha value is -1.68. The smallest absolute Gasteiger partial charge is 0.312 e. The molecule has 0 aliphatic heterocycles. The molecule has 1 aromatic heterocycles. The van der Waals surface area contributed by atoms with E-state index < -0.39 is 0 Å². The second-order valence-electron chi connectivity index (χ2n) is 3.75. The average molecular weight is 247 g/mol. The number of hydrogen-bond acceptors (Lipinski definition) is 4. The number of carbonyl (C=O) groups excluding carboxylic acids is 1. The SMILES string of the molecule is COC(=O)Cc1nc(-c2cccc(C)c2)cs1. The maximum absolute atomic E-state index is 11.1. The van der Waals surface area contributed by atoms with E-state index in [1.165, 1.54) is 24.0 Å². The number of carbonyl (C=O) groups is 1. The van der Waals surface area contributed by atoms with E-state index in [4.69, 9.17) is 0 Å². The molecule has 0 saturated heterocycles. The molecule has 88 valence electrons. The third-order valence-electron chi connectivity index (χ3n) is 2.39. The maximum atomic E-state index is 11.1. The lowest BCUT2D eigenvalue weighted by atomic mass is 10.1. The second-order valence-corrected chi connectivity index (χ2v) is 4.69. The van der Waals surface area contributed by atoms with Gasteiger partial charge >= 0.3 is 5.97 Å². The summed E-state index contributed by atoms with van der Waals surface area (Å²) < 4.78 is 4.62. The van der Waals surface area contributed by atoms with E-state index in [1.807, 2.05) is 30.5 Å². The lowest BCUT2D eigenvalue weighted by Gasteiger charge is -1.98. The highest BCUT2D eigenvalue weighted by Crippen LogP contribution is 2.22. The molecule has 0 N–H and O–H groups in total. The summed E-state index contributed by atoms with van der Waals surface area (Å²) in [5, 5.41) is 2.75. The number of esters is 1. The van der Waals surface area contributed by atoms with Gasteiger partial charge in [-0.15, -0.1) is 11.3 Å². The third-order valence-corrected chi connectivity index (χ3v) is 3.24. The zero-order chi connectivity index (χ0) is 12.3. The van der Waals surface area contributed by atoms with Crippen LogP contribution < -0.4 is 0 Å². The number of ether oxygens (including phenoxy) is 1. The van der Waals surface area contributed by atoms with Crippen molar-refractivity contribution in [2.24, 2.45) is 0 Å². The summed E-state index contributed by atoms with van der Waals surface area (Å²) in [7, 11) is 1.39. The van der Waals surface area contributed by atoms with Gasteiger partial charge in [0.25, 0.3) is 0 Å². The first-order chi connectivity index (χ1) is 8.19. The van der Waals surface area contributed by atoms with Crippen molar-refractivity contribution in [3.8, 4) is 11.3 Å². The number of benzene rings is 1. The molecular formula is C13H13NO2S. The van der Waals surface area contributed by atoms with E-state index in [9.17, 15) is 4.79 Å². The van der Waals surface area contributed by atoms with Crippen LogP contribution in [0.2, 0.25) is 0 Å². The van der Waals surface area contributed by atoms with Crippen LogP contribution in [-0.2, 0) is 16.0 Å². The lowest BCUT2D eigenvalue weighted by molar-refractivity contribution is -0.139. The highest BCUT2D eigenvalue weighted by Gasteiger charge is 2.08. The van der Waals surface area contributed by atoms with Crippen molar-refractivity contribution in [1.82, 2.24) is 4.98 Å². The van der Waals surface area contributed by atoms with Crippen LogP contribution in [0, 0.1) is 6.92 Å². The number of hydrogen-bond donors (Lipinski definition) is 0. The van der Waals surface area contributed by atoms with Gasteiger partial charge in [0, 0.05) is 10.9 Å². The number of thiazole rings is 1. The number of rotatable bonds is 3. The van der Waals surface area contributed by atoms with Gasteiger partial charge in [0.2, 0.25) is 0 Å². The van der Waals surface area contributed by atoms with Crippen molar-refractivity contribution in [1.29, 1.82) is 0 Å². The molecule has 1 heterocycles. The van der Waals surface area contributed by atoms with Gasteiger partial charge < -0.3 is 4.74 Å². The largest absolute Gasteiger partial charge is 0.469 e. The van der Waals surface area contributed by atoms with E-state index in [2.05, 4.69) is 15.8 Å². The van der Waals surface area contributed by atoms with Crippen molar-refractivity contribution >= 4 is 17.3 Å². The fraction of sp³-hybridized carbons (Fsp3) is 0.231. The Labute approximate surface area is 104 Å². The number of aromatic nitrogens is 1. The zero-order valence-electron chi connectivity index (χ0n) is 9.77. The van der Waals surface area contributed by atoms with E-state index in [1.54, 1.807) is 0 Å². The fourth-order valence-corrected chi connectivity index (χ4v) is 2.31. The van der Waals surface area contributed by atoms with E-state index in [0.717, 1.165) is 16.3 Å². The van der Waals surface area contributed by atoms with E-state index in [0.29, 0.717) is 0 Å². The number of nitrogens with zero attached hydrogens (tertiary/aromatic N) is 1. The van der Waals surface area contributed by atoms with Crippen LogP contribution >= 0.6 is 11.3 Å². The number of methoxy groups -OCH3 is 1. The Balaban J connectivity index is 2.21. The minimum atomic E-state index is -0.254. The topological polar surface area (TPSA) is 39.2 Å². The predicted octanol–water partition coefficient (Wildman–Crippen LogP) is 2.83. The molecule has 0 unspecified atom stereocenters. The third kappa shape index (κ3) is 2.91. The fourth-order valence-electron chi connectivity index (χ4n) is 1.52. The van der Waals surface area contributed by atoms with Crippen molar-refractivity contribution < 1.29 is 9.53 Å². The monoisotopic (exact) mass is 247 g/mol. The first-order valence-electron chi connectivity index (χ1n) is 5.27. The Morgan fingerprint density at radius 1 is 1.47 bits per heavy atom. The summed E-state index contributed by atoms with van der Waals surface area (Å²) in [6.07, 6.45) is 0.243. The van der Waals surface area contributed by atoms with E-state index in [-0.39, 0.29) is 12.4 Å². The van der Waals surface area contributed by atoms with Gasteiger partial charge in [0.15, 0.2) is 0 Å². The van der Waals surface area contributed by atoms with Gasteiger partial charge in [-0.25, -0.2) is 4.98 Å². The Kier molecular flexibility index (Phi) is 3.54. The van der Waals surface area contributed by atoms with E-state index >= 15 is 0 Å². The summed E-state index contributed by atoms with van der Waals surface area (Å²) in [5.74, 6) is -0.254. The number of aryl methyl sites for hydroxylation is 1. The molecule has 0 atom stereocenters. The normalized spacial score (nSPS) is 10.2. The van der Waals surface area contributed by atoms with Crippen molar-refractivity contribution in [2.75, 3.05) is 7.11 Å². The zero-order valence-corrected chi connectivity index (χ0v) is 10.6. The highest BCUT2D eigenvalue weighted by molar-refractivity contribution is 7.10. The molecule has 4 heteroatoms. The van der Waals surface area contributed by atoms with Crippen LogP contribution in [0.1, 0.15) is 10.6 Å². The molecule has 0 radical (unpaired) electrons. The molecule has 17 heavy (non-hydrogen) atoms. The molecule has 0 amide bonds. The quantitative estimate of drug-likeness (QED) is 0.783. The summed E-state index contributed by atoms with van der Waals surface area (Å²) in [6.45, 7) is 2.05. The summed E-state index contributed by atoms with van der Waals surface area (Å²) in [4.78, 5) is 15.6. The van der Waals surface area contributed by atoms with Crippen LogP contribution in [0.3, 0.4) is 0 Å². The standard InChI is InChI=1S/C13H13NO2S/c1-9-4-3-5-10(6-9)11-8-17-12(14-11)7-13(15)16-2/h3-6,8H,7H2,1-2H3. The Morgan fingerprint density at radius 3 is 3.00 bits per heavy atom. The molecule has 2 rings (SSSR count). The van der Waals surface area contributed by atoms with Gasteiger partial charge in [0.1, 0.15) is 5.01 Å². The van der Waals surface area contributed by atoms with Gasteiger partial charge in [0.05, 0.1) is 19.2 Å². The molecule has 1 aromatic carbocycles. The van der Waals surface area contributed by atoms with Crippen molar-refractivity contribution in [2.45, 2.75) is 13.3 Å². The summed E-state index contributed by atoms with van der Waals surface area (Å²) in [5.41, 5.74) is 3.19. The first-order valence-corrected chi connectivity index (χ1v) is 6.15. The van der Waals surface area contributed by atoms with Gasteiger partial charge in [-0.05, 0) is 13.0 Å². The summed E-state index contributed by atoms with van der Waals surface area (Å²) in [6, 6.07) is 8.15. The minimum Gasteiger partial charge on any atom is -0.469 e. The molecule has 0 aliphatic carbocycles. The average Bonchev–Trinajstić information content (AvgIpc) is 2.77. The highest BCUT2D eigenvalue weighted by atomic mass is 32.1. The van der Waals surface area contributed by atoms with Crippen LogP contribution in [0.15, 0.2) is 29.6 Å². The van der Waals surface area contributed by atoms with Crippen LogP contribution in [0.4, 0.5) is 0 Å². The van der Waals surface area contributed by atoms with Crippen LogP contribution in [-0.4, -0.2) is 18.1 Å². The molecule has 3 nitrogen and oxygen atoms in total. The van der Waals surface area contributed by atoms with Crippen molar-refractivity contribution in [3.63, 3.8) is 0 Å². The maximum Gasteiger partial charge on any atom is 0.312 e. The molecule has 0 spiro atoms. The molecule has 0 saturated carbocycles. The molecule has 0 fully saturated rings. The first kappa shape index (κ1) is 11.8. The Morgan fingerprint density at radius 2 is 2.29 bits per heavy atom. The van der Waals surface area contributed by atoms with Gasteiger partial charge in [-0.2, -0.15) is 0 Å². The Bertz CT molecular complexity index is 534. The van der Waals surface area contributed by atoms with Crippen LogP contribution in [0.25, 0.3) is 11.3 Å². The van der Waals surface area contributed by atoms with Crippen LogP contribution in [0.5, 0.6) is 0 Å². The molecule has 2 aromatic rings. The second kappa shape index (κ2) is 5.10. The van der Waals surface area contributed by atoms with Crippen molar-refractivity contribution in [3.05, 3.63) is 40.2 Å². The lowest BCUT2D eigenvalue weighted by Crippen LogP contribution is -2.03. The minimum absolute atomic E-state index is 0.243. The molecule has 0 bridgehead atoms. The predicted molar refractivity (Wildman–Crippen MR) is 68.0 cm³/mol. The van der Waals surface area contributed by atoms with Gasteiger partial charge in [-0.3, -0.25) is 4.79 Å². The van der Waals surface area contributed by atoms with Gasteiger partial charge in [-0.1, -0.05) is 23.8 Å².